The van der Waals surface area contributed by atoms with Gasteiger partial charge in [-0.1, -0.05) is 11.6 Å². The monoisotopic (exact) mass is 534 g/mol. The molecule has 2 unspecified atom stereocenters. The maximum absolute atomic E-state index is 13.5. The fraction of sp³-hybridized carbons (Fsp3) is 0.400. The van der Waals surface area contributed by atoms with Crippen LogP contribution in [0.25, 0.3) is 10.9 Å². The van der Waals surface area contributed by atoms with Crippen molar-refractivity contribution in [3.8, 4) is 11.5 Å². The van der Waals surface area contributed by atoms with Gasteiger partial charge in [-0.05, 0) is 24.3 Å². The number of fused-ring (bicyclic) bond motifs is 1. The number of ether oxygens (including phenoxy) is 3. The van der Waals surface area contributed by atoms with E-state index < -0.39 is 18.0 Å². The normalized spacial score (nSPS) is 15.3. The summed E-state index contributed by atoms with van der Waals surface area (Å²) in [6, 6.07) is 7.54. The Hall–Kier alpha value is -3.25. The first-order valence-electron chi connectivity index (χ1n) is 11.7. The lowest BCUT2D eigenvalue weighted by molar-refractivity contribution is -0.137. The molecule has 0 bridgehead atoms. The van der Waals surface area contributed by atoms with Gasteiger partial charge in [0.25, 0.3) is 0 Å². The maximum atomic E-state index is 13.5. The second-order valence-corrected chi connectivity index (χ2v) is 8.96. The summed E-state index contributed by atoms with van der Waals surface area (Å²) in [4.78, 5) is 22.5. The number of morpholine rings is 1. The minimum atomic E-state index is -1.03. The van der Waals surface area contributed by atoms with Crippen LogP contribution in [0.3, 0.4) is 0 Å². The molecule has 10 nitrogen and oxygen atoms in total. The molecule has 0 saturated carbocycles. The number of anilines is 2. The van der Waals surface area contributed by atoms with Crippen molar-refractivity contribution in [2.45, 2.75) is 25.0 Å². The third-order valence-corrected chi connectivity index (χ3v) is 6.14. The number of aromatic nitrogens is 2. The number of hydrogen-bond acceptors (Lipinski definition) is 9. The molecule has 2 atom stereocenters. The lowest BCUT2D eigenvalue weighted by Crippen LogP contribution is -2.42. The molecule has 1 amide bonds. The van der Waals surface area contributed by atoms with Crippen LogP contribution >= 0.6 is 11.6 Å². The van der Waals surface area contributed by atoms with Crippen LogP contribution in [0.2, 0.25) is 5.02 Å². The van der Waals surface area contributed by atoms with Gasteiger partial charge in [-0.2, -0.15) is 0 Å². The molecule has 1 saturated heterocycles. The van der Waals surface area contributed by atoms with Gasteiger partial charge in [0, 0.05) is 36.7 Å². The number of rotatable bonds is 10. The number of aliphatic hydroxyl groups is 2. The lowest BCUT2D eigenvalue weighted by atomic mass is 10.1. The van der Waals surface area contributed by atoms with Gasteiger partial charge in [0.15, 0.2) is 11.5 Å². The van der Waals surface area contributed by atoms with Crippen LogP contribution in [-0.2, 0) is 9.53 Å². The fourth-order valence-electron chi connectivity index (χ4n) is 3.94. The molecule has 12 heteroatoms. The van der Waals surface area contributed by atoms with Crippen LogP contribution in [-0.4, -0.2) is 83.2 Å². The van der Waals surface area contributed by atoms with E-state index in [1.807, 2.05) is 0 Å². The molecule has 0 aliphatic carbocycles. The number of halogens is 2. The number of aliphatic hydroxyl groups excluding tert-OH is 2. The maximum Gasteiger partial charge on any atom is 0.225 e. The van der Waals surface area contributed by atoms with Crippen LogP contribution in [0.4, 0.5) is 15.9 Å². The second-order valence-electron chi connectivity index (χ2n) is 8.55. The number of carbonyl (C=O) groups is 1. The van der Waals surface area contributed by atoms with E-state index in [4.69, 9.17) is 25.8 Å². The van der Waals surface area contributed by atoms with Crippen molar-refractivity contribution in [2.75, 3.05) is 45.3 Å². The molecule has 37 heavy (non-hydrogen) atoms. The SMILES string of the molecule is COc1cc2ncnc(Nc3ccc(F)c(Cl)c3)c2cc1OCC(O)CC(O)CC(=O)N1CCOCC1. The van der Waals surface area contributed by atoms with Crippen LogP contribution in [0.5, 0.6) is 11.5 Å². The smallest absolute Gasteiger partial charge is 0.225 e. The summed E-state index contributed by atoms with van der Waals surface area (Å²) >= 11 is 5.89. The first kappa shape index (κ1) is 26.8. The summed E-state index contributed by atoms with van der Waals surface area (Å²) in [5.74, 6) is 0.426. The van der Waals surface area contributed by atoms with E-state index in [0.717, 1.165) is 0 Å². The van der Waals surface area contributed by atoms with E-state index in [0.29, 0.717) is 60.2 Å². The Balaban J connectivity index is 1.42. The molecule has 1 aromatic heterocycles. The van der Waals surface area contributed by atoms with Crippen molar-refractivity contribution >= 4 is 39.9 Å². The average Bonchev–Trinajstić information content (AvgIpc) is 2.89. The van der Waals surface area contributed by atoms with E-state index in [1.165, 1.54) is 31.6 Å². The van der Waals surface area contributed by atoms with Crippen LogP contribution < -0.4 is 14.8 Å². The molecule has 0 spiro atoms. The van der Waals surface area contributed by atoms with Crippen molar-refractivity contribution in [2.24, 2.45) is 0 Å². The van der Waals surface area contributed by atoms with Gasteiger partial charge in [-0.15, -0.1) is 0 Å². The second kappa shape index (κ2) is 12.3. The molecular formula is C25H28ClFN4O6. The highest BCUT2D eigenvalue weighted by Crippen LogP contribution is 2.35. The number of benzene rings is 2. The van der Waals surface area contributed by atoms with E-state index in [2.05, 4.69) is 15.3 Å². The predicted molar refractivity (Wildman–Crippen MR) is 135 cm³/mol. The number of nitrogens with zero attached hydrogens (tertiary/aromatic N) is 3. The number of carbonyl (C=O) groups excluding carboxylic acids is 1. The minimum absolute atomic E-state index is 0.0307. The zero-order valence-electron chi connectivity index (χ0n) is 20.2. The molecule has 3 N–H and O–H groups in total. The molecule has 1 aliphatic heterocycles. The highest BCUT2D eigenvalue weighted by molar-refractivity contribution is 6.31. The molecular weight excluding hydrogens is 507 g/mol. The molecule has 0 radical (unpaired) electrons. The Morgan fingerprint density at radius 1 is 1.19 bits per heavy atom. The predicted octanol–water partition coefficient (Wildman–Crippen LogP) is 2.91. The molecule has 2 heterocycles. The summed E-state index contributed by atoms with van der Waals surface area (Å²) < 4.78 is 30.0. The molecule has 1 aliphatic rings. The highest BCUT2D eigenvalue weighted by Gasteiger charge is 2.22. The Morgan fingerprint density at radius 2 is 1.97 bits per heavy atom. The summed E-state index contributed by atoms with van der Waals surface area (Å²) in [5, 5.41) is 24.4. The quantitative estimate of drug-likeness (QED) is 0.360. The largest absolute Gasteiger partial charge is 0.493 e. The highest BCUT2D eigenvalue weighted by atomic mass is 35.5. The van der Waals surface area contributed by atoms with Gasteiger partial charge < -0.3 is 34.6 Å². The van der Waals surface area contributed by atoms with Gasteiger partial charge in [0.05, 0.1) is 49.5 Å². The molecule has 4 rings (SSSR count). The van der Waals surface area contributed by atoms with Gasteiger partial charge >= 0.3 is 0 Å². The summed E-state index contributed by atoms with van der Waals surface area (Å²) in [6.45, 7) is 1.80. The average molecular weight is 535 g/mol. The van der Waals surface area contributed by atoms with Gasteiger partial charge in [-0.25, -0.2) is 14.4 Å². The number of hydrogen-bond donors (Lipinski definition) is 3. The van der Waals surface area contributed by atoms with Crippen molar-refractivity contribution in [1.29, 1.82) is 0 Å². The van der Waals surface area contributed by atoms with Crippen LogP contribution in [0.15, 0.2) is 36.7 Å². The number of amides is 1. The Bertz CT molecular complexity index is 1240. The minimum Gasteiger partial charge on any atom is -0.493 e. The van der Waals surface area contributed by atoms with Crippen LogP contribution in [0, 0.1) is 5.82 Å². The molecule has 1 fully saturated rings. The Labute approximate surface area is 217 Å². The van der Waals surface area contributed by atoms with Crippen molar-refractivity contribution < 1.29 is 33.6 Å². The molecule has 2 aromatic carbocycles. The number of nitrogens with one attached hydrogen (secondary N) is 1. The van der Waals surface area contributed by atoms with E-state index in [9.17, 15) is 19.4 Å². The van der Waals surface area contributed by atoms with Gasteiger partial charge in [0.1, 0.15) is 24.6 Å². The molecule has 198 valence electrons. The zero-order valence-corrected chi connectivity index (χ0v) is 20.9. The Morgan fingerprint density at radius 3 is 2.70 bits per heavy atom. The fourth-order valence-corrected chi connectivity index (χ4v) is 4.12. The lowest BCUT2D eigenvalue weighted by Gasteiger charge is -2.28. The zero-order chi connectivity index (χ0) is 26.4. The first-order valence-corrected chi connectivity index (χ1v) is 12.1. The van der Waals surface area contributed by atoms with E-state index in [1.54, 1.807) is 17.0 Å². The standard InChI is InChI=1S/C25H28ClFN4O6/c1-35-22-12-21-18(25(29-14-28-21)30-15-2-3-20(27)19(26)8-15)11-23(22)37-13-17(33)9-16(32)10-24(34)31-4-6-36-7-5-31/h2-3,8,11-12,14,16-17,32-33H,4-7,9-10,13H2,1H3,(H,28,29,30). The first-order chi connectivity index (χ1) is 17.8. The summed E-state index contributed by atoms with van der Waals surface area (Å²) in [6.07, 6.45) is -0.791. The van der Waals surface area contributed by atoms with Crippen molar-refractivity contribution in [1.82, 2.24) is 14.9 Å². The van der Waals surface area contributed by atoms with Crippen LogP contribution in [0.1, 0.15) is 12.8 Å². The molecule has 3 aromatic rings. The van der Waals surface area contributed by atoms with Crippen molar-refractivity contribution in [3.63, 3.8) is 0 Å². The van der Waals surface area contributed by atoms with Crippen molar-refractivity contribution in [3.05, 3.63) is 47.5 Å². The Kier molecular flexibility index (Phi) is 8.93. The number of methoxy groups -OCH3 is 1. The third-order valence-electron chi connectivity index (χ3n) is 5.85. The summed E-state index contributed by atoms with van der Waals surface area (Å²) in [7, 11) is 1.48. The van der Waals surface area contributed by atoms with E-state index >= 15 is 0 Å². The topological polar surface area (TPSA) is 126 Å². The third kappa shape index (κ3) is 6.95. The van der Waals surface area contributed by atoms with Gasteiger partial charge in [-0.3, -0.25) is 4.79 Å². The van der Waals surface area contributed by atoms with Gasteiger partial charge in [0.2, 0.25) is 5.91 Å². The van der Waals surface area contributed by atoms with E-state index in [-0.39, 0.29) is 30.4 Å². The summed E-state index contributed by atoms with van der Waals surface area (Å²) in [5.41, 5.74) is 1.09.